The zero-order valence-electron chi connectivity index (χ0n) is 20.3. The van der Waals surface area contributed by atoms with Gasteiger partial charge in [0.2, 0.25) is 0 Å². The molecule has 0 saturated heterocycles. The van der Waals surface area contributed by atoms with Crippen LogP contribution in [0.4, 0.5) is 17.6 Å². The number of aromatic nitrogens is 5. The summed E-state index contributed by atoms with van der Waals surface area (Å²) in [6, 6.07) is 3.09. The van der Waals surface area contributed by atoms with Gasteiger partial charge in [-0.3, -0.25) is 19.3 Å². The molecule has 0 unspecified atom stereocenters. The van der Waals surface area contributed by atoms with Gasteiger partial charge in [0.15, 0.2) is 9.84 Å². The Hall–Kier alpha value is -3.87. The lowest BCUT2D eigenvalue weighted by Gasteiger charge is -2.15. The van der Waals surface area contributed by atoms with E-state index in [0.29, 0.717) is 18.4 Å². The number of aryl methyl sites for hydroxylation is 1. The Bertz CT molecular complexity index is 1770. The molecular formula is C25H21F4N5O3S. The van der Waals surface area contributed by atoms with Crippen LogP contribution in [0, 0.1) is 0 Å². The molecule has 0 amide bonds. The van der Waals surface area contributed by atoms with E-state index in [4.69, 9.17) is 0 Å². The van der Waals surface area contributed by atoms with Crippen molar-refractivity contribution in [2.45, 2.75) is 36.9 Å². The van der Waals surface area contributed by atoms with Crippen molar-refractivity contribution in [3.05, 3.63) is 65.1 Å². The van der Waals surface area contributed by atoms with E-state index in [9.17, 15) is 30.8 Å². The molecule has 1 aliphatic carbocycles. The molecule has 4 aromatic rings. The summed E-state index contributed by atoms with van der Waals surface area (Å²) in [6.07, 6.45) is -0.116. The average molecular weight is 548 g/mol. The summed E-state index contributed by atoms with van der Waals surface area (Å²) in [5.41, 5.74) is -1.68. The SMILES string of the molecule is C=C(F)c1ccc(-c2cncc(S(=O)(=O)CC)c2-c2nc3cc(C(F)(F)F)n(C4CC4)c(=O)c3n2C)cn1. The third-order valence-corrected chi connectivity index (χ3v) is 8.22. The van der Waals surface area contributed by atoms with Crippen molar-refractivity contribution in [3.8, 4) is 22.5 Å². The Morgan fingerprint density at radius 3 is 2.45 bits per heavy atom. The molecule has 0 bridgehead atoms. The molecule has 198 valence electrons. The molecule has 1 aliphatic rings. The lowest BCUT2D eigenvalue weighted by molar-refractivity contribution is -0.144. The van der Waals surface area contributed by atoms with E-state index in [0.717, 1.165) is 16.8 Å². The summed E-state index contributed by atoms with van der Waals surface area (Å²) in [5.74, 6) is -1.09. The zero-order chi connectivity index (χ0) is 27.6. The largest absolute Gasteiger partial charge is 0.431 e. The fourth-order valence-corrected chi connectivity index (χ4v) is 5.47. The van der Waals surface area contributed by atoms with E-state index >= 15 is 0 Å². The third kappa shape index (κ3) is 4.20. The number of nitrogens with zero attached hydrogens (tertiary/aromatic N) is 5. The predicted octanol–water partition coefficient (Wildman–Crippen LogP) is 4.95. The van der Waals surface area contributed by atoms with Crippen molar-refractivity contribution in [2.24, 2.45) is 7.05 Å². The lowest BCUT2D eigenvalue weighted by atomic mass is 10.0. The van der Waals surface area contributed by atoms with Crippen molar-refractivity contribution in [3.63, 3.8) is 0 Å². The maximum Gasteiger partial charge on any atom is 0.431 e. The van der Waals surface area contributed by atoms with Crippen LogP contribution in [0.25, 0.3) is 39.4 Å². The van der Waals surface area contributed by atoms with Crippen LogP contribution in [0.5, 0.6) is 0 Å². The van der Waals surface area contributed by atoms with Gasteiger partial charge in [-0.25, -0.2) is 17.8 Å². The summed E-state index contributed by atoms with van der Waals surface area (Å²) >= 11 is 0. The molecule has 4 heterocycles. The summed E-state index contributed by atoms with van der Waals surface area (Å²) in [5, 5.41) is 0. The first-order valence-electron chi connectivity index (χ1n) is 11.6. The summed E-state index contributed by atoms with van der Waals surface area (Å²) in [6.45, 7) is 4.64. The van der Waals surface area contributed by atoms with Crippen molar-refractivity contribution in [1.29, 1.82) is 0 Å². The highest BCUT2D eigenvalue weighted by Crippen LogP contribution is 2.41. The van der Waals surface area contributed by atoms with Crippen LogP contribution in [0.15, 0.2) is 53.1 Å². The third-order valence-electron chi connectivity index (χ3n) is 6.48. The van der Waals surface area contributed by atoms with E-state index in [1.165, 1.54) is 43.1 Å². The molecule has 0 radical (unpaired) electrons. The molecule has 1 fully saturated rings. The first-order valence-corrected chi connectivity index (χ1v) is 13.2. The average Bonchev–Trinajstić information content (AvgIpc) is 3.65. The van der Waals surface area contributed by atoms with E-state index in [1.54, 1.807) is 0 Å². The summed E-state index contributed by atoms with van der Waals surface area (Å²) in [7, 11) is -2.47. The number of pyridine rings is 3. The number of imidazole rings is 1. The fraction of sp³-hybridized carbons (Fsp3) is 0.280. The maximum absolute atomic E-state index is 13.9. The Morgan fingerprint density at radius 2 is 1.89 bits per heavy atom. The van der Waals surface area contributed by atoms with Gasteiger partial charge in [0.1, 0.15) is 22.9 Å². The molecule has 0 spiro atoms. The standard InChI is InChI=1S/C25H21F4N5O3S/c1-4-38(36,37)19-12-30-11-16(14-5-8-17(13(2)26)31-10-14)21(19)23-32-18-9-20(25(27,28)29)34(15-6-7-15)24(35)22(18)33(23)3/h5,8-12,15H,2,4,6-7H2,1,3H3. The van der Waals surface area contributed by atoms with Crippen LogP contribution in [0.3, 0.4) is 0 Å². The number of sulfone groups is 1. The first kappa shape index (κ1) is 25.8. The van der Waals surface area contributed by atoms with Crippen LogP contribution in [0.1, 0.15) is 37.2 Å². The van der Waals surface area contributed by atoms with Gasteiger partial charge in [0, 0.05) is 48.4 Å². The number of rotatable bonds is 6. The quantitative estimate of drug-likeness (QED) is 0.317. The van der Waals surface area contributed by atoms with Crippen LogP contribution in [-0.2, 0) is 23.1 Å². The highest BCUT2D eigenvalue weighted by atomic mass is 32.2. The second-order valence-corrected chi connectivity index (χ2v) is 11.2. The number of fused-ring (bicyclic) bond motifs is 1. The smallest absolute Gasteiger partial charge is 0.323 e. The Morgan fingerprint density at radius 1 is 1.18 bits per heavy atom. The van der Waals surface area contributed by atoms with E-state index < -0.39 is 39.1 Å². The van der Waals surface area contributed by atoms with Crippen LogP contribution in [-0.4, -0.2) is 38.3 Å². The summed E-state index contributed by atoms with van der Waals surface area (Å²) in [4.78, 5) is 25.5. The van der Waals surface area contributed by atoms with Crippen molar-refractivity contribution in [2.75, 3.05) is 5.75 Å². The van der Waals surface area contributed by atoms with Gasteiger partial charge in [-0.1, -0.05) is 19.6 Å². The van der Waals surface area contributed by atoms with Crippen LogP contribution < -0.4 is 5.56 Å². The summed E-state index contributed by atoms with van der Waals surface area (Å²) < 4.78 is 83.4. The van der Waals surface area contributed by atoms with E-state index in [-0.39, 0.29) is 44.3 Å². The minimum absolute atomic E-state index is 0.0244. The molecular weight excluding hydrogens is 526 g/mol. The predicted molar refractivity (Wildman–Crippen MR) is 133 cm³/mol. The Balaban J connectivity index is 1.86. The van der Waals surface area contributed by atoms with Gasteiger partial charge < -0.3 is 4.57 Å². The highest BCUT2D eigenvalue weighted by Gasteiger charge is 2.40. The normalized spacial score (nSPS) is 14.3. The molecule has 5 rings (SSSR count). The minimum Gasteiger partial charge on any atom is -0.323 e. The Labute approximate surface area is 214 Å². The molecule has 13 heteroatoms. The number of alkyl halides is 3. The first-order chi connectivity index (χ1) is 17.8. The second-order valence-electron chi connectivity index (χ2n) is 8.96. The Kier molecular flexibility index (Phi) is 6.01. The van der Waals surface area contributed by atoms with Gasteiger partial charge in [-0.05, 0) is 25.0 Å². The van der Waals surface area contributed by atoms with E-state index in [1.807, 2.05) is 0 Å². The van der Waals surface area contributed by atoms with Crippen LogP contribution in [0.2, 0.25) is 0 Å². The molecule has 8 nitrogen and oxygen atoms in total. The molecule has 0 aromatic carbocycles. The molecule has 0 aliphatic heterocycles. The van der Waals surface area contributed by atoms with Gasteiger partial charge in [0.25, 0.3) is 5.56 Å². The lowest BCUT2D eigenvalue weighted by Crippen LogP contribution is -2.28. The second kappa shape index (κ2) is 8.86. The van der Waals surface area contributed by atoms with Gasteiger partial charge in [-0.15, -0.1) is 0 Å². The highest BCUT2D eigenvalue weighted by molar-refractivity contribution is 7.91. The van der Waals surface area contributed by atoms with Gasteiger partial charge >= 0.3 is 6.18 Å². The monoisotopic (exact) mass is 547 g/mol. The van der Waals surface area contributed by atoms with Crippen molar-refractivity contribution in [1.82, 2.24) is 24.1 Å². The van der Waals surface area contributed by atoms with Gasteiger partial charge in [-0.2, -0.15) is 13.2 Å². The van der Waals surface area contributed by atoms with Gasteiger partial charge in [0.05, 0.1) is 21.9 Å². The van der Waals surface area contributed by atoms with Crippen LogP contribution >= 0.6 is 0 Å². The number of hydrogen-bond donors (Lipinski definition) is 0. The number of halogens is 4. The van der Waals surface area contributed by atoms with Crippen molar-refractivity contribution >= 4 is 26.7 Å². The molecule has 0 atom stereocenters. The number of hydrogen-bond acceptors (Lipinski definition) is 6. The molecule has 0 N–H and O–H groups in total. The molecule has 1 saturated carbocycles. The molecule has 38 heavy (non-hydrogen) atoms. The molecule has 4 aromatic heterocycles. The van der Waals surface area contributed by atoms with E-state index in [2.05, 4.69) is 21.5 Å². The van der Waals surface area contributed by atoms with Crippen molar-refractivity contribution < 1.29 is 26.0 Å². The maximum atomic E-state index is 13.9. The minimum atomic E-state index is -4.79. The topological polar surface area (TPSA) is 99.7 Å². The zero-order valence-corrected chi connectivity index (χ0v) is 21.1. The fourth-order valence-electron chi connectivity index (χ4n) is 4.43.